The average Bonchev–Trinajstić information content (AvgIpc) is 3.24. The molecule has 1 aliphatic heterocycles. The van der Waals surface area contributed by atoms with Crippen LogP contribution in [-0.4, -0.2) is 8.07 Å². The smallest absolute Gasteiger partial charge is 0.0414 e. The van der Waals surface area contributed by atoms with E-state index in [4.69, 9.17) is 0 Å². The van der Waals surface area contributed by atoms with Crippen molar-refractivity contribution < 1.29 is 0 Å². The zero-order valence-electron chi connectivity index (χ0n) is 23.0. The van der Waals surface area contributed by atoms with Gasteiger partial charge in [0.15, 0.2) is 0 Å². The number of hydrogen-bond acceptors (Lipinski definition) is 0. The molecular weight excluding hydrogens is 460 g/mol. The molecule has 0 fully saturated rings. The Bertz CT molecular complexity index is 1360. The van der Waals surface area contributed by atoms with Crippen molar-refractivity contribution >= 4 is 18.8 Å². The Balaban J connectivity index is 2.05. The van der Waals surface area contributed by atoms with Crippen molar-refractivity contribution in [3.05, 3.63) is 155 Å². The number of benzene rings is 3. The van der Waals surface area contributed by atoms with Crippen molar-refractivity contribution in [1.29, 1.82) is 0 Å². The molecule has 1 heteroatoms. The molecule has 0 bridgehead atoms. The Hall–Kier alpha value is -3.42. The van der Waals surface area contributed by atoms with Crippen LogP contribution in [0.1, 0.15) is 58.2 Å². The lowest BCUT2D eigenvalue weighted by Crippen LogP contribution is -2.54. The highest BCUT2D eigenvalue weighted by atomic mass is 28.3. The zero-order chi connectivity index (χ0) is 26.3. The van der Waals surface area contributed by atoms with Gasteiger partial charge in [0, 0.05) is 8.07 Å². The quantitative estimate of drug-likeness (QED) is 0.249. The van der Waals surface area contributed by atoms with Crippen LogP contribution in [-0.2, 0) is 0 Å². The molecule has 3 aromatic carbocycles. The van der Waals surface area contributed by atoms with E-state index in [0.29, 0.717) is 0 Å². The van der Waals surface area contributed by atoms with Crippen molar-refractivity contribution in [3.63, 3.8) is 0 Å². The molecule has 188 valence electrons. The molecule has 0 radical (unpaired) electrons. The SMILES string of the molecule is CC(C)(C)[Si]1(C(C)(C)C)C(c2ccccc2)=C(c2ccccc2)[C-](c2ccccc2)/C1=C1\C=CC=C[CH-]1. The summed E-state index contributed by atoms with van der Waals surface area (Å²) in [6.45, 7) is 15.0. The summed E-state index contributed by atoms with van der Waals surface area (Å²) in [5, 5.41) is 3.24. The molecule has 0 amide bonds. The van der Waals surface area contributed by atoms with Crippen LogP contribution >= 0.6 is 0 Å². The summed E-state index contributed by atoms with van der Waals surface area (Å²) < 4.78 is 0. The van der Waals surface area contributed by atoms with E-state index in [1.165, 1.54) is 33.8 Å². The summed E-state index contributed by atoms with van der Waals surface area (Å²) in [5.41, 5.74) is 6.73. The largest absolute Gasteiger partial charge is 0.195 e. The first-order chi connectivity index (χ1) is 17.7. The van der Waals surface area contributed by atoms with Crippen LogP contribution in [0.2, 0.25) is 10.1 Å². The third-order valence-electron chi connectivity index (χ3n) is 8.00. The second-order valence-electron chi connectivity index (χ2n) is 12.2. The van der Waals surface area contributed by atoms with E-state index >= 15 is 0 Å². The minimum atomic E-state index is -2.51. The molecule has 0 saturated carbocycles. The van der Waals surface area contributed by atoms with E-state index in [0.717, 1.165) is 0 Å². The molecule has 0 N–H and O–H groups in total. The van der Waals surface area contributed by atoms with E-state index < -0.39 is 8.07 Å². The number of hydrogen-bond donors (Lipinski definition) is 0. The first-order valence-corrected chi connectivity index (χ1v) is 15.4. The van der Waals surface area contributed by atoms with Crippen LogP contribution in [0.5, 0.6) is 0 Å². The second kappa shape index (κ2) is 9.47. The van der Waals surface area contributed by atoms with E-state index in [2.05, 4.69) is 163 Å². The van der Waals surface area contributed by atoms with Crippen molar-refractivity contribution in [2.75, 3.05) is 0 Å². The normalized spacial score (nSPS) is 19.4. The van der Waals surface area contributed by atoms with E-state index in [1.54, 1.807) is 10.4 Å². The highest BCUT2D eigenvalue weighted by Gasteiger charge is 2.58. The van der Waals surface area contributed by atoms with Gasteiger partial charge in [0.2, 0.25) is 0 Å². The molecule has 3 aromatic rings. The van der Waals surface area contributed by atoms with Crippen molar-refractivity contribution in [2.45, 2.75) is 51.6 Å². The molecule has 0 aromatic heterocycles. The topological polar surface area (TPSA) is 0 Å². The molecule has 2 aliphatic rings. The van der Waals surface area contributed by atoms with Gasteiger partial charge in [0.1, 0.15) is 0 Å². The number of allylic oxidation sites excluding steroid dienone is 7. The summed E-state index contributed by atoms with van der Waals surface area (Å²) in [4.78, 5) is 0. The lowest BCUT2D eigenvalue weighted by Gasteiger charge is -2.59. The summed E-state index contributed by atoms with van der Waals surface area (Å²) in [5.74, 6) is 1.41. The second-order valence-corrected chi connectivity index (χ2v) is 17.7. The molecule has 1 heterocycles. The molecule has 0 atom stereocenters. The average molecular weight is 499 g/mol. The molecule has 1 aliphatic carbocycles. The fourth-order valence-corrected chi connectivity index (χ4v) is 15.1. The van der Waals surface area contributed by atoms with Gasteiger partial charge in [-0.1, -0.05) is 137 Å². The van der Waals surface area contributed by atoms with E-state index in [1.807, 2.05) is 0 Å². The van der Waals surface area contributed by atoms with Gasteiger partial charge < -0.3 is 0 Å². The van der Waals surface area contributed by atoms with Crippen LogP contribution in [0, 0.1) is 12.3 Å². The molecular formula is C36H38Si-2. The first-order valence-electron chi connectivity index (χ1n) is 13.4. The van der Waals surface area contributed by atoms with Crippen LogP contribution in [0.3, 0.4) is 0 Å². The Morgan fingerprint density at radius 2 is 1.14 bits per heavy atom. The van der Waals surface area contributed by atoms with E-state index in [-0.39, 0.29) is 10.1 Å². The monoisotopic (exact) mass is 498 g/mol. The van der Waals surface area contributed by atoms with Crippen LogP contribution in [0.25, 0.3) is 10.8 Å². The van der Waals surface area contributed by atoms with Crippen LogP contribution in [0.15, 0.2) is 126 Å². The molecule has 0 saturated heterocycles. The molecule has 37 heavy (non-hydrogen) atoms. The summed E-state index contributed by atoms with van der Waals surface area (Å²) >= 11 is 0. The van der Waals surface area contributed by atoms with Gasteiger partial charge >= 0.3 is 0 Å². The van der Waals surface area contributed by atoms with Gasteiger partial charge in [-0.2, -0.15) is 35.4 Å². The summed E-state index contributed by atoms with van der Waals surface area (Å²) in [7, 11) is -2.51. The Morgan fingerprint density at radius 1 is 0.622 bits per heavy atom. The van der Waals surface area contributed by atoms with Crippen LogP contribution in [0.4, 0.5) is 0 Å². The predicted octanol–water partition coefficient (Wildman–Crippen LogP) is 9.99. The highest BCUT2D eigenvalue weighted by molar-refractivity contribution is 7.09. The van der Waals surface area contributed by atoms with Gasteiger partial charge in [-0.25, -0.2) is 0 Å². The standard InChI is InChI=1S/C36H38Si/c1-35(2,3)37(36(4,5)6)33(29-23-15-9-16-24-29)31(27-19-11-7-12-20-27)32(28-21-13-8-14-22-28)34(37)30-25-17-10-18-26-30/h7-26H,1-6H3/q-2. The molecule has 0 unspecified atom stereocenters. The molecule has 0 spiro atoms. The van der Waals surface area contributed by atoms with Gasteiger partial charge in [-0.3, -0.25) is 0 Å². The highest BCUT2D eigenvalue weighted by Crippen LogP contribution is 2.70. The summed E-state index contributed by atoms with van der Waals surface area (Å²) in [6, 6.07) is 33.5. The van der Waals surface area contributed by atoms with Gasteiger partial charge in [0.05, 0.1) is 0 Å². The zero-order valence-corrected chi connectivity index (χ0v) is 24.0. The molecule has 5 rings (SSSR count). The Kier molecular flexibility index (Phi) is 6.46. The maximum Gasteiger partial charge on any atom is 0.0414 e. The fraction of sp³-hybridized carbons (Fsp3) is 0.222. The van der Waals surface area contributed by atoms with Gasteiger partial charge in [-0.15, -0.1) is 35.3 Å². The lowest BCUT2D eigenvalue weighted by molar-refractivity contribution is 0.633. The van der Waals surface area contributed by atoms with Crippen molar-refractivity contribution in [2.24, 2.45) is 0 Å². The predicted molar refractivity (Wildman–Crippen MR) is 163 cm³/mol. The lowest BCUT2D eigenvalue weighted by atomic mass is 9.83. The third-order valence-corrected chi connectivity index (χ3v) is 15.1. The third kappa shape index (κ3) is 4.06. The van der Waals surface area contributed by atoms with Crippen molar-refractivity contribution in [3.8, 4) is 0 Å². The fourth-order valence-electron chi connectivity index (χ4n) is 7.09. The van der Waals surface area contributed by atoms with Crippen molar-refractivity contribution in [1.82, 2.24) is 0 Å². The van der Waals surface area contributed by atoms with E-state index in [9.17, 15) is 0 Å². The maximum absolute atomic E-state index is 2.51. The van der Waals surface area contributed by atoms with Gasteiger partial charge in [-0.05, 0) is 10.1 Å². The molecule has 0 nitrogen and oxygen atoms in total. The summed E-state index contributed by atoms with van der Waals surface area (Å²) in [6.07, 6.45) is 11.2. The minimum Gasteiger partial charge on any atom is -0.195 e. The number of rotatable bonds is 3. The Labute approximate surface area is 225 Å². The van der Waals surface area contributed by atoms with Crippen LogP contribution < -0.4 is 0 Å². The minimum absolute atomic E-state index is 0.0537. The first kappa shape index (κ1) is 25.2. The maximum atomic E-state index is 2.49. The Morgan fingerprint density at radius 3 is 1.62 bits per heavy atom. The van der Waals surface area contributed by atoms with Gasteiger partial charge in [0.25, 0.3) is 0 Å².